The first-order valence-electron chi connectivity index (χ1n) is 5.36. The van der Waals surface area contributed by atoms with E-state index in [1.807, 2.05) is 0 Å². The molecule has 0 fully saturated rings. The van der Waals surface area contributed by atoms with Gasteiger partial charge in [0.1, 0.15) is 12.1 Å². The zero-order valence-corrected chi connectivity index (χ0v) is 9.86. The molecule has 0 spiro atoms. The summed E-state index contributed by atoms with van der Waals surface area (Å²) in [4.78, 5) is 8.01. The normalized spacial score (nSPS) is 13.8. The lowest BCUT2D eigenvalue weighted by Crippen LogP contribution is -2.25. The number of aromatic nitrogens is 4. The first-order valence-corrected chi connectivity index (χ1v) is 5.36. The second kappa shape index (κ2) is 4.43. The average Bonchev–Trinajstić information content (AvgIpc) is 2.61. The first-order chi connectivity index (χ1) is 8.35. The Morgan fingerprint density at radius 1 is 1.44 bits per heavy atom. The van der Waals surface area contributed by atoms with Crippen LogP contribution in [0.1, 0.15) is 19.0 Å². The van der Waals surface area contributed by atoms with Gasteiger partial charge in [-0.25, -0.2) is 4.98 Å². The molecule has 0 saturated heterocycles. The van der Waals surface area contributed by atoms with E-state index in [9.17, 15) is 13.2 Å². The van der Waals surface area contributed by atoms with Crippen LogP contribution in [0.4, 0.5) is 19.0 Å². The van der Waals surface area contributed by atoms with Gasteiger partial charge in [0, 0.05) is 17.8 Å². The van der Waals surface area contributed by atoms with Crippen LogP contribution < -0.4 is 5.32 Å². The topological polar surface area (TPSA) is 55.1 Å². The number of anilines is 1. The van der Waals surface area contributed by atoms with E-state index in [4.69, 9.17) is 0 Å². The van der Waals surface area contributed by atoms with Crippen LogP contribution in [0.2, 0.25) is 0 Å². The van der Waals surface area contributed by atoms with Crippen molar-refractivity contribution in [3.63, 3.8) is 0 Å². The Kier molecular flexibility index (Phi) is 3.10. The largest absolute Gasteiger partial charge is 0.391 e. The van der Waals surface area contributed by atoms with Gasteiger partial charge in [-0.15, -0.1) is 0 Å². The molecule has 2 heterocycles. The molecule has 5 nitrogen and oxygen atoms in total. The van der Waals surface area contributed by atoms with Crippen molar-refractivity contribution in [2.75, 3.05) is 5.32 Å². The third kappa shape index (κ3) is 2.88. The molecular formula is C10H12F3N5. The summed E-state index contributed by atoms with van der Waals surface area (Å²) in [6.45, 7) is 3.21. The summed E-state index contributed by atoms with van der Waals surface area (Å²) in [5.74, 6) is 0.809. The van der Waals surface area contributed by atoms with Crippen LogP contribution in [-0.2, 0) is 0 Å². The Hall–Kier alpha value is -1.86. The van der Waals surface area contributed by atoms with E-state index in [1.165, 1.54) is 17.8 Å². The van der Waals surface area contributed by atoms with Crippen LogP contribution in [0.25, 0.3) is 5.78 Å². The van der Waals surface area contributed by atoms with E-state index in [-0.39, 0.29) is 0 Å². The number of aryl methyl sites for hydroxylation is 1. The molecule has 8 heteroatoms. The molecule has 98 valence electrons. The fourth-order valence-electron chi connectivity index (χ4n) is 1.68. The number of rotatable bonds is 3. The van der Waals surface area contributed by atoms with Gasteiger partial charge in [-0.05, 0) is 13.8 Å². The number of hydrogen-bond acceptors (Lipinski definition) is 4. The maximum Gasteiger partial charge on any atom is 0.391 e. The number of halogens is 3. The molecule has 0 aliphatic rings. The summed E-state index contributed by atoms with van der Waals surface area (Å²) in [5, 5.41) is 6.68. The third-order valence-corrected chi connectivity index (χ3v) is 2.31. The van der Waals surface area contributed by atoms with Gasteiger partial charge >= 0.3 is 6.18 Å². The zero-order valence-electron chi connectivity index (χ0n) is 9.86. The standard InChI is InChI=1S/C10H12F3N5/c1-6-3-8(16-7(2)4-10(11,12)13)18-9(17-6)14-5-15-18/h3,5,7,16H,4H2,1-2H3. The Morgan fingerprint density at radius 2 is 2.17 bits per heavy atom. The average molecular weight is 259 g/mol. The molecule has 0 aromatic carbocycles. The Labute approximate surface area is 101 Å². The number of hydrogen-bond donors (Lipinski definition) is 1. The molecule has 18 heavy (non-hydrogen) atoms. The summed E-state index contributed by atoms with van der Waals surface area (Å²) < 4.78 is 38.1. The highest BCUT2D eigenvalue weighted by Gasteiger charge is 2.30. The second-order valence-corrected chi connectivity index (χ2v) is 4.12. The summed E-state index contributed by atoms with van der Waals surface area (Å²) in [6, 6.07) is 0.883. The summed E-state index contributed by atoms with van der Waals surface area (Å²) in [5.41, 5.74) is 0.664. The van der Waals surface area contributed by atoms with Crippen molar-refractivity contribution in [1.82, 2.24) is 19.6 Å². The van der Waals surface area contributed by atoms with Gasteiger partial charge in [0.2, 0.25) is 0 Å². The van der Waals surface area contributed by atoms with E-state index in [1.54, 1.807) is 13.0 Å². The van der Waals surface area contributed by atoms with Crippen molar-refractivity contribution in [3.05, 3.63) is 18.1 Å². The fraction of sp³-hybridized carbons (Fsp3) is 0.500. The molecule has 0 bridgehead atoms. The lowest BCUT2D eigenvalue weighted by molar-refractivity contribution is -0.136. The molecule has 0 amide bonds. The first kappa shape index (κ1) is 12.6. The Morgan fingerprint density at radius 3 is 2.83 bits per heavy atom. The van der Waals surface area contributed by atoms with E-state index >= 15 is 0 Å². The van der Waals surface area contributed by atoms with Crippen molar-refractivity contribution in [1.29, 1.82) is 0 Å². The minimum Gasteiger partial charge on any atom is -0.367 e. The van der Waals surface area contributed by atoms with E-state index in [2.05, 4.69) is 20.4 Å². The lowest BCUT2D eigenvalue weighted by atomic mass is 10.2. The van der Waals surface area contributed by atoms with Crippen molar-refractivity contribution < 1.29 is 13.2 Å². The van der Waals surface area contributed by atoms with Crippen molar-refractivity contribution in [2.45, 2.75) is 32.5 Å². The van der Waals surface area contributed by atoms with Gasteiger partial charge in [-0.3, -0.25) is 0 Å². The molecule has 1 unspecified atom stereocenters. The summed E-state index contributed by atoms with van der Waals surface area (Å²) in [7, 11) is 0. The number of nitrogens with one attached hydrogen (secondary N) is 1. The van der Waals surface area contributed by atoms with E-state index < -0.39 is 18.6 Å². The van der Waals surface area contributed by atoms with Gasteiger partial charge in [0.05, 0.1) is 6.42 Å². The zero-order chi connectivity index (χ0) is 13.3. The molecule has 0 saturated carbocycles. The van der Waals surface area contributed by atoms with Gasteiger partial charge in [0.25, 0.3) is 5.78 Å². The highest BCUT2D eigenvalue weighted by atomic mass is 19.4. The van der Waals surface area contributed by atoms with Crippen molar-refractivity contribution in [2.24, 2.45) is 0 Å². The number of nitrogens with zero attached hydrogens (tertiary/aromatic N) is 4. The van der Waals surface area contributed by atoms with Gasteiger partial charge in [-0.1, -0.05) is 0 Å². The minimum atomic E-state index is -4.20. The summed E-state index contributed by atoms with van der Waals surface area (Å²) in [6.07, 6.45) is -3.80. The predicted octanol–water partition coefficient (Wildman–Crippen LogP) is 2.19. The highest BCUT2D eigenvalue weighted by molar-refractivity contribution is 5.45. The van der Waals surface area contributed by atoms with Crippen LogP contribution in [-0.4, -0.2) is 31.8 Å². The molecule has 1 N–H and O–H groups in total. The van der Waals surface area contributed by atoms with Crippen LogP contribution in [0, 0.1) is 6.92 Å². The molecule has 1 atom stereocenters. The van der Waals surface area contributed by atoms with Crippen LogP contribution in [0.5, 0.6) is 0 Å². The second-order valence-electron chi connectivity index (χ2n) is 4.12. The molecule has 0 aliphatic heterocycles. The van der Waals surface area contributed by atoms with E-state index in [0.717, 1.165) is 0 Å². The van der Waals surface area contributed by atoms with E-state index in [0.29, 0.717) is 17.3 Å². The predicted molar refractivity (Wildman–Crippen MR) is 59.3 cm³/mol. The molecule has 0 aliphatic carbocycles. The molecular weight excluding hydrogens is 247 g/mol. The van der Waals surface area contributed by atoms with Gasteiger partial charge in [0.15, 0.2) is 0 Å². The highest BCUT2D eigenvalue weighted by Crippen LogP contribution is 2.23. The van der Waals surface area contributed by atoms with Crippen molar-refractivity contribution >= 4 is 11.6 Å². The third-order valence-electron chi connectivity index (χ3n) is 2.31. The monoisotopic (exact) mass is 259 g/mol. The number of fused-ring (bicyclic) bond motifs is 1. The molecule has 2 aromatic heterocycles. The summed E-state index contributed by atoms with van der Waals surface area (Å²) >= 11 is 0. The minimum absolute atomic E-state index is 0.358. The lowest BCUT2D eigenvalue weighted by Gasteiger charge is -2.17. The SMILES string of the molecule is Cc1cc(NC(C)CC(F)(F)F)n2ncnc2n1. The fourth-order valence-corrected chi connectivity index (χ4v) is 1.68. The maximum atomic E-state index is 12.3. The maximum absolute atomic E-state index is 12.3. The Balaban J connectivity index is 2.23. The van der Waals surface area contributed by atoms with Crippen LogP contribution in [0.3, 0.4) is 0 Å². The van der Waals surface area contributed by atoms with Crippen LogP contribution in [0.15, 0.2) is 12.4 Å². The van der Waals surface area contributed by atoms with Gasteiger partial charge < -0.3 is 5.32 Å². The quantitative estimate of drug-likeness (QED) is 0.918. The van der Waals surface area contributed by atoms with Crippen molar-refractivity contribution in [3.8, 4) is 0 Å². The van der Waals surface area contributed by atoms with Crippen LogP contribution >= 0.6 is 0 Å². The smallest absolute Gasteiger partial charge is 0.367 e. The number of alkyl halides is 3. The molecule has 2 aromatic rings. The Bertz CT molecular complexity index is 548. The molecule has 2 rings (SSSR count). The van der Waals surface area contributed by atoms with Gasteiger partial charge in [-0.2, -0.15) is 27.8 Å². The molecule has 0 radical (unpaired) electrons.